The number of aliphatic carboxylic acids is 1. The molecule has 1 N–H and O–H groups in total. The van der Waals surface area contributed by atoms with E-state index in [0.29, 0.717) is 35.1 Å². The minimum Gasteiger partial charge on any atom is -0.496 e. The number of halogens is 1. The number of rotatable bonds is 8. The molecule has 0 unspecified atom stereocenters. The Labute approximate surface area is 164 Å². The Kier molecular flexibility index (Phi) is 7.50. The van der Waals surface area contributed by atoms with E-state index in [1.165, 1.54) is 11.6 Å². The van der Waals surface area contributed by atoms with Crippen LogP contribution in [0.1, 0.15) is 30.5 Å². The minimum atomic E-state index is -1.01. The van der Waals surface area contributed by atoms with Crippen molar-refractivity contribution < 1.29 is 19.4 Å². The van der Waals surface area contributed by atoms with Gasteiger partial charge in [0.1, 0.15) is 18.1 Å². The molecule has 0 aliphatic carbocycles. The molecular weight excluding hydrogens is 364 g/mol. The van der Waals surface area contributed by atoms with Gasteiger partial charge in [-0.1, -0.05) is 35.4 Å². The van der Waals surface area contributed by atoms with Crippen molar-refractivity contribution in [1.29, 1.82) is 0 Å². The van der Waals surface area contributed by atoms with Crippen LogP contribution in [-0.2, 0) is 17.8 Å². The van der Waals surface area contributed by atoms with Crippen molar-refractivity contribution in [3.05, 3.63) is 75.8 Å². The number of methoxy groups -OCH3 is 1. The molecule has 2 aromatic rings. The molecule has 0 saturated heterocycles. The number of hydrogen-bond donors (Lipinski definition) is 1. The van der Waals surface area contributed by atoms with Crippen LogP contribution in [0, 0.1) is 0 Å². The molecule has 2 rings (SSSR count). The smallest absolute Gasteiger partial charge is 0.328 e. The summed E-state index contributed by atoms with van der Waals surface area (Å²) in [7, 11) is 1.61. The van der Waals surface area contributed by atoms with E-state index in [-0.39, 0.29) is 0 Å². The molecule has 4 nitrogen and oxygen atoms in total. The van der Waals surface area contributed by atoms with Crippen LogP contribution in [0.2, 0.25) is 5.02 Å². The van der Waals surface area contributed by atoms with Crippen LogP contribution in [0.25, 0.3) is 6.08 Å². The number of allylic oxidation sites excluding steroid dienone is 2. The van der Waals surface area contributed by atoms with Crippen LogP contribution in [0.3, 0.4) is 0 Å². The highest BCUT2D eigenvalue weighted by molar-refractivity contribution is 6.30. The largest absolute Gasteiger partial charge is 0.496 e. The Hall–Kier alpha value is -2.72. The first-order valence-corrected chi connectivity index (χ1v) is 8.90. The molecule has 0 radical (unpaired) electrons. The van der Waals surface area contributed by atoms with Crippen molar-refractivity contribution >= 4 is 23.6 Å². The van der Waals surface area contributed by atoms with Gasteiger partial charge in [-0.05, 0) is 56.2 Å². The van der Waals surface area contributed by atoms with Crippen LogP contribution in [0.4, 0.5) is 0 Å². The highest BCUT2D eigenvalue weighted by atomic mass is 35.5. The fourth-order valence-electron chi connectivity index (χ4n) is 2.52. The average Bonchev–Trinajstić information content (AvgIpc) is 2.64. The zero-order chi connectivity index (χ0) is 19.8. The molecule has 2 aromatic carbocycles. The Morgan fingerprint density at radius 1 is 1.15 bits per heavy atom. The number of ether oxygens (including phenoxy) is 2. The summed E-state index contributed by atoms with van der Waals surface area (Å²) in [5, 5.41) is 9.63. The Morgan fingerprint density at radius 3 is 2.44 bits per heavy atom. The Bertz CT molecular complexity index is 847. The van der Waals surface area contributed by atoms with Gasteiger partial charge in [0, 0.05) is 22.2 Å². The maximum absolute atomic E-state index is 10.9. The van der Waals surface area contributed by atoms with Gasteiger partial charge in [-0.15, -0.1) is 0 Å². The lowest BCUT2D eigenvalue weighted by Crippen LogP contribution is -2.03. The van der Waals surface area contributed by atoms with Crippen molar-refractivity contribution in [2.75, 3.05) is 7.11 Å². The molecule has 142 valence electrons. The normalized spacial score (nSPS) is 10.7. The van der Waals surface area contributed by atoms with Crippen molar-refractivity contribution in [3.8, 4) is 11.5 Å². The zero-order valence-corrected chi connectivity index (χ0v) is 16.4. The standard InChI is InChI=1S/C22H23ClO4/c1-15(2)4-11-19-20(26-3)12-7-17(8-13-21(24)25)22(19)27-14-16-5-9-18(23)10-6-16/h4-10,12-13H,11,14H2,1-3H3,(H,24,25)/b13-8+. The maximum Gasteiger partial charge on any atom is 0.328 e. The topological polar surface area (TPSA) is 55.8 Å². The number of carbonyl (C=O) groups is 1. The van der Waals surface area contributed by atoms with Crippen molar-refractivity contribution in [1.82, 2.24) is 0 Å². The molecule has 0 amide bonds. The van der Waals surface area contributed by atoms with E-state index >= 15 is 0 Å². The van der Waals surface area contributed by atoms with Gasteiger partial charge < -0.3 is 14.6 Å². The molecule has 0 heterocycles. The van der Waals surface area contributed by atoms with E-state index in [1.807, 2.05) is 32.0 Å². The quantitative estimate of drug-likeness (QED) is 0.478. The summed E-state index contributed by atoms with van der Waals surface area (Å²) in [5.41, 5.74) is 3.69. The van der Waals surface area contributed by atoms with Gasteiger partial charge in [0.2, 0.25) is 0 Å². The summed E-state index contributed by atoms with van der Waals surface area (Å²) in [6, 6.07) is 11.0. The van der Waals surface area contributed by atoms with Crippen molar-refractivity contribution in [2.24, 2.45) is 0 Å². The van der Waals surface area contributed by atoms with Gasteiger partial charge in [0.25, 0.3) is 0 Å². The Balaban J connectivity index is 2.44. The summed E-state index contributed by atoms with van der Waals surface area (Å²) in [5.74, 6) is 0.297. The molecule has 0 bridgehead atoms. The first-order chi connectivity index (χ1) is 12.9. The molecule has 0 spiro atoms. The lowest BCUT2D eigenvalue weighted by atomic mass is 10.0. The summed E-state index contributed by atoms with van der Waals surface area (Å²) in [6.45, 7) is 4.38. The average molecular weight is 387 g/mol. The van der Waals surface area contributed by atoms with Crippen LogP contribution in [0.15, 0.2) is 54.1 Å². The highest BCUT2D eigenvalue weighted by Crippen LogP contribution is 2.35. The monoisotopic (exact) mass is 386 g/mol. The second-order valence-electron chi connectivity index (χ2n) is 6.24. The lowest BCUT2D eigenvalue weighted by Gasteiger charge is -2.17. The molecule has 0 aliphatic rings. The summed E-state index contributed by atoms with van der Waals surface area (Å²) in [6.07, 6.45) is 5.33. The fraction of sp³-hybridized carbons (Fsp3) is 0.227. The third-order valence-corrected chi connectivity index (χ3v) is 4.14. The second kappa shape index (κ2) is 9.83. The van der Waals surface area contributed by atoms with E-state index in [1.54, 1.807) is 25.3 Å². The van der Waals surface area contributed by atoms with E-state index in [4.69, 9.17) is 26.2 Å². The van der Waals surface area contributed by atoms with E-state index < -0.39 is 5.97 Å². The molecular formula is C22H23ClO4. The second-order valence-corrected chi connectivity index (χ2v) is 6.67. The molecule has 0 atom stereocenters. The minimum absolute atomic E-state index is 0.333. The third-order valence-electron chi connectivity index (χ3n) is 3.88. The number of carboxylic acids is 1. The Morgan fingerprint density at radius 2 is 1.85 bits per heavy atom. The summed E-state index contributed by atoms with van der Waals surface area (Å²) < 4.78 is 11.6. The summed E-state index contributed by atoms with van der Waals surface area (Å²) in [4.78, 5) is 10.9. The van der Waals surface area contributed by atoms with Gasteiger partial charge in [-0.3, -0.25) is 0 Å². The van der Waals surface area contributed by atoms with E-state index in [2.05, 4.69) is 6.08 Å². The SMILES string of the molecule is COc1ccc(/C=C/C(=O)O)c(OCc2ccc(Cl)cc2)c1CC=C(C)C. The maximum atomic E-state index is 10.9. The van der Waals surface area contributed by atoms with E-state index in [0.717, 1.165) is 17.2 Å². The number of carboxylic acid groups (broad SMARTS) is 1. The zero-order valence-electron chi connectivity index (χ0n) is 15.7. The van der Waals surface area contributed by atoms with Gasteiger partial charge in [-0.25, -0.2) is 4.79 Å². The van der Waals surface area contributed by atoms with Gasteiger partial charge in [0.15, 0.2) is 0 Å². The molecule has 0 fully saturated rings. The molecule has 0 saturated carbocycles. The number of benzene rings is 2. The van der Waals surface area contributed by atoms with Crippen molar-refractivity contribution in [2.45, 2.75) is 26.9 Å². The van der Waals surface area contributed by atoms with Gasteiger partial charge in [0.05, 0.1) is 7.11 Å². The molecule has 0 aromatic heterocycles. The van der Waals surface area contributed by atoms with Gasteiger partial charge >= 0.3 is 5.97 Å². The predicted molar refractivity (Wildman–Crippen MR) is 109 cm³/mol. The molecule has 5 heteroatoms. The van der Waals surface area contributed by atoms with Crippen LogP contribution in [-0.4, -0.2) is 18.2 Å². The number of hydrogen-bond acceptors (Lipinski definition) is 3. The van der Waals surface area contributed by atoms with Crippen LogP contribution >= 0.6 is 11.6 Å². The first-order valence-electron chi connectivity index (χ1n) is 8.52. The summed E-state index contributed by atoms with van der Waals surface area (Å²) >= 11 is 5.93. The fourth-order valence-corrected chi connectivity index (χ4v) is 2.64. The van der Waals surface area contributed by atoms with Crippen LogP contribution < -0.4 is 9.47 Å². The predicted octanol–water partition coefficient (Wildman–Crippen LogP) is 5.53. The van der Waals surface area contributed by atoms with Gasteiger partial charge in [-0.2, -0.15) is 0 Å². The molecule has 0 aliphatic heterocycles. The third kappa shape index (κ3) is 6.19. The lowest BCUT2D eigenvalue weighted by molar-refractivity contribution is -0.131. The van der Waals surface area contributed by atoms with Crippen molar-refractivity contribution in [3.63, 3.8) is 0 Å². The van der Waals surface area contributed by atoms with Crippen LogP contribution in [0.5, 0.6) is 11.5 Å². The highest BCUT2D eigenvalue weighted by Gasteiger charge is 2.14. The first kappa shape index (κ1) is 20.6. The van der Waals surface area contributed by atoms with E-state index in [9.17, 15) is 4.79 Å². The molecule has 27 heavy (non-hydrogen) atoms.